The van der Waals surface area contributed by atoms with Crippen molar-refractivity contribution < 1.29 is 24.2 Å². The van der Waals surface area contributed by atoms with Crippen LogP contribution < -0.4 is 25.9 Å². The van der Waals surface area contributed by atoms with E-state index in [9.17, 15) is 14.7 Å². The summed E-state index contributed by atoms with van der Waals surface area (Å²) in [5.41, 5.74) is 10.2. The maximum Gasteiger partial charge on any atom is 0.271 e. The maximum atomic E-state index is 12.5. The lowest BCUT2D eigenvalue weighted by Crippen LogP contribution is -2.39. The quantitative estimate of drug-likeness (QED) is 0.140. The Balaban J connectivity index is 1.24. The van der Waals surface area contributed by atoms with Gasteiger partial charge in [0.05, 0.1) is 19.0 Å². The van der Waals surface area contributed by atoms with Gasteiger partial charge in [-0.2, -0.15) is 5.10 Å². The Kier molecular flexibility index (Phi) is 8.78. The molecule has 3 aromatic rings. The van der Waals surface area contributed by atoms with Gasteiger partial charge in [-0.1, -0.05) is 30.3 Å². The lowest BCUT2D eigenvalue weighted by molar-refractivity contribution is -0.123. The molecule has 1 saturated heterocycles. The number of carbonyl (C=O) groups is 2. The highest BCUT2D eigenvalue weighted by Crippen LogP contribution is 2.24. The Morgan fingerprint density at radius 2 is 1.97 bits per heavy atom. The zero-order valence-corrected chi connectivity index (χ0v) is 21.1. The van der Waals surface area contributed by atoms with Gasteiger partial charge in [0.2, 0.25) is 0 Å². The van der Waals surface area contributed by atoms with Gasteiger partial charge in [0.1, 0.15) is 17.2 Å². The molecule has 0 radical (unpaired) electrons. The summed E-state index contributed by atoms with van der Waals surface area (Å²) in [6, 6.07) is 19.6. The predicted octanol–water partition coefficient (Wildman–Crippen LogP) is 2.52. The molecule has 38 heavy (non-hydrogen) atoms. The maximum absolute atomic E-state index is 12.5. The van der Waals surface area contributed by atoms with Crippen molar-refractivity contribution in [3.05, 3.63) is 83.4 Å². The second kappa shape index (κ2) is 12.6. The lowest BCUT2D eigenvalue weighted by atomic mass is 10.2. The smallest absolute Gasteiger partial charge is 0.271 e. The van der Waals surface area contributed by atoms with E-state index in [-0.39, 0.29) is 35.6 Å². The summed E-state index contributed by atoms with van der Waals surface area (Å²) in [7, 11) is 1.50. The molecule has 5 N–H and O–H groups in total. The number of phenolic OH excluding ortho intramolecular Hbond substituents is 1. The Labute approximate surface area is 221 Å². The number of aromatic hydroxyl groups is 1. The number of likely N-dealkylation sites (tertiary alicyclic amines) is 1. The van der Waals surface area contributed by atoms with Crippen molar-refractivity contribution in [3.8, 4) is 17.2 Å². The van der Waals surface area contributed by atoms with Crippen LogP contribution in [0.5, 0.6) is 17.2 Å². The van der Waals surface area contributed by atoms with Gasteiger partial charge in [-0.3, -0.25) is 14.5 Å². The molecule has 0 saturated carbocycles. The number of nitrogens with two attached hydrogens (primary N) is 1. The van der Waals surface area contributed by atoms with Crippen LogP contribution in [0.25, 0.3) is 0 Å². The van der Waals surface area contributed by atoms with Crippen molar-refractivity contribution >= 4 is 23.7 Å². The van der Waals surface area contributed by atoms with Crippen molar-refractivity contribution in [2.75, 3.05) is 32.5 Å². The molecule has 1 fully saturated rings. The molecule has 10 nitrogen and oxygen atoms in total. The Morgan fingerprint density at radius 1 is 1.16 bits per heavy atom. The molecule has 10 heteroatoms. The average Bonchev–Trinajstić information content (AvgIpc) is 3.36. The third-order valence-electron chi connectivity index (χ3n) is 6.12. The molecule has 0 spiro atoms. The minimum Gasteiger partial charge on any atom is -0.506 e. The van der Waals surface area contributed by atoms with Crippen molar-refractivity contribution in [1.82, 2.24) is 15.6 Å². The molecule has 0 aliphatic carbocycles. The number of rotatable bonds is 10. The first kappa shape index (κ1) is 26.5. The van der Waals surface area contributed by atoms with Gasteiger partial charge >= 0.3 is 0 Å². The first-order chi connectivity index (χ1) is 18.4. The molecule has 198 valence electrons. The third-order valence-corrected chi connectivity index (χ3v) is 6.12. The molecule has 1 aliphatic rings. The van der Waals surface area contributed by atoms with Crippen LogP contribution in [0, 0.1) is 0 Å². The minimum absolute atomic E-state index is 0.0937. The number of ether oxygens (including phenoxy) is 2. The van der Waals surface area contributed by atoms with Gasteiger partial charge < -0.3 is 25.6 Å². The van der Waals surface area contributed by atoms with Crippen molar-refractivity contribution in [2.24, 2.45) is 5.10 Å². The minimum atomic E-state index is -0.483. The molecule has 2 amide bonds. The summed E-state index contributed by atoms with van der Waals surface area (Å²) < 4.78 is 11.1. The number of nitrogens with zero attached hydrogens (tertiary/aromatic N) is 2. The number of anilines is 1. The number of nitrogen functional groups attached to an aromatic ring is 1. The van der Waals surface area contributed by atoms with Gasteiger partial charge in [-0.15, -0.1) is 0 Å². The number of hydrogen-bond donors (Lipinski definition) is 4. The number of phenols is 1. The highest BCUT2D eigenvalue weighted by molar-refractivity contribution is 5.96. The molecule has 3 aromatic carbocycles. The summed E-state index contributed by atoms with van der Waals surface area (Å²) in [6.45, 7) is 2.50. The van der Waals surface area contributed by atoms with Gasteiger partial charge in [0.25, 0.3) is 11.8 Å². The van der Waals surface area contributed by atoms with Crippen LogP contribution in [0.4, 0.5) is 5.69 Å². The van der Waals surface area contributed by atoms with Crippen LogP contribution in [-0.4, -0.2) is 60.9 Å². The molecule has 1 heterocycles. The van der Waals surface area contributed by atoms with Crippen LogP contribution in [0.15, 0.2) is 71.8 Å². The van der Waals surface area contributed by atoms with E-state index in [4.69, 9.17) is 15.2 Å². The lowest BCUT2D eigenvalue weighted by Gasteiger charge is -2.17. The fourth-order valence-electron chi connectivity index (χ4n) is 4.16. The van der Waals surface area contributed by atoms with Gasteiger partial charge in [0.15, 0.2) is 6.61 Å². The van der Waals surface area contributed by atoms with E-state index in [1.165, 1.54) is 37.1 Å². The zero-order chi connectivity index (χ0) is 26.9. The molecule has 1 atom stereocenters. The second-order valence-corrected chi connectivity index (χ2v) is 8.94. The first-order valence-corrected chi connectivity index (χ1v) is 12.2. The highest BCUT2D eigenvalue weighted by Gasteiger charge is 2.24. The highest BCUT2D eigenvalue weighted by atomic mass is 16.5. The topological polar surface area (TPSA) is 139 Å². The summed E-state index contributed by atoms with van der Waals surface area (Å²) in [5, 5.41) is 16.5. The number of hydrogen-bond acceptors (Lipinski definition) is 8. The Bertz CT molecular complexity index is 1300. The van der Waals surface area contributed by atoms with Crippen LogP contribution in [-0.2, 0) is 11.3 Å². The fraction of sp³-hybridized carbons (Fsp3) is 0.250. The molecular formula is C28H31N5O5. The molecule has 1 aliphatic heterocycles. The summed E-state index contributed by atoms with van der Waals surface area (Å²) in [5.74, 6) is 0.165. The van der Waals surface area contributed by atoms with Crippen molar-refractivity contribution in [2.45, 2.75) is 19.0 Å². The number of amides is 2. The number of methoxy groups -OCH3 is 1. The standard InChI is InChI=1S/C28H31N5O5/c1-37-26-14-23(9-7-21(26)15-30-32-28(36)20-8-10-25(34)24(29)13-20)38-18-27(35)31-22-11-12-33(17-22)16-19-5-3-2-4-6-19/h2-10,13-15,22,34H,11-12,16-18,29H2,1H3,(H,31,35)(H,32,36)/t22-/m0/s1. The van der Waals surface area contributed by atoms with Crippen LogP contribution >= 0.6 is 0 Å². The third kappa shape index (κ3) is 7.23. The second-order valence-electron chi connectivity index (χ2n) is 8.94. The largest absolute Gasteiger partial charge is 0.506 e. The van der Waals surface area contributed by atoms with Crippen LogP contribution in [0.2, 0.25) is 0 Å². The van der Waals surface area contributed by atoms with E-state index >= 15 is 0 Å². The van der Waals surface area contributed by atoms with E-state index < -0.39 is 5.91 Å². The number of nitrogens with one attached hydrogen (secondary N) is 2. The summed E-state index contributed by atoms with van der Waals surface area (Å²) in [6.07, 6.45) is 2.33. The van der Waals surface area contributed by atoms with Crippen LogP contribution in [0.3, 0.4) is 0 Å². The summed E-state index contributed by atoms with van der Waals surface area (Å²) in [4.78, 5) is 27.0. The van der Waals surface area contributed by atoms with Crippen molar-refractivity contribution in [3.63, 3.8) is 0 Å². The molecule has 4 rings (SSSR count). The van der Waals surface area contributed by atoms with Gasteiger partial charge in [0, 0.05) is 42.9 Å². The Hall–Kier alpha value is -4.57. The van der Waals surface area contributed by atoms with Crippen LogP contribution in [0.1, 0.15) is 27.9 Å². The van der Waals surface area contributed by atoms with E-state index in [1.807, 2.05) is 18.2 Å². The molecular weight excluding hydrogens is 486 g/mol. The average molecular weight is 518 g/mol. The first-order valence-electron chi connectivity index (χ1n) is 12.2. The van der Waals surface area contributed by atoms with E-state index in [2.05, 4.69) is 32.9 Å². The molecule has 0 bridgehead atoms. The van der Waals surface area contributed by atoms with Gasteiger partial charge in [-0.25, -0.2) is 5.43 Å². The fourth-order valence-corrected chi connectivity index (χ4v) is 4.16. The molecule has 0 unspecified atom stereocenters. The number of carbonyl (C=O) groups excluding carboxylic acids is 2. The zero-order valence-electron chi connectivity index (χ0n) is 21.1. The van der Waals surface area contributed by atoms with Crippen molar-refractivity contribution in [1.29, 1.82) is 0 Å². The SMILES string of the molecule is COc1cc(OCC(=O)N[C@H]2CCN(Cc3ccccc3)C2)ccc1C=NNC(=O)c1ccc(O)c(N)c1. The van der Waals surface area contributed by atoms with E-state index in [1.54, 1.807) is 18.2 Å². The van der Waals surface area contributed by atoms with E-state index in [0.717, 1.165) is 26.1 Å². The number of benzene rings is 3. The predicted molar refractivity (Wildman–Crippen MR) is 144 cm³/mol. The Morgan fingerprint density at radius 3 is 2.74 bits per heavy atom. The normalized spacial score (nSPS) is 15.3. The van der Waals surface area contributed by atoms with E-state index in [0.29, 0.717) is 17.1 Å². The molecule has 0 aromatic heterocycles. The summed E-state index contributed by atoms with van der Waals surface area (Å²) >= 11 is 0. The number of hydrazone groups is 1. The van der Waals surface area contributed by atoms with Gasteiger partial charge in [-0.05, 0) is 42.3 Å². The monoisotopic (exact) mass is 517 g/mol.